The van der Waals surface area contributed by atoms with Crippen LogP contribution < -0.4 is 4.74 Å². The van der Waals surface area contributed by atoms with E-state index in [0.717, 1.165) is 0 Å². The maximum Gasteiger partial charge on any atom is 0.258 e. The molecule has 74 valence electrons. The van der Waals surface area contributed by atoms with Crippen molar-refractivity contribution in [3.63, 3.8) is 0 Å². The van der Waals surface area contributed by atoms with Crippen LogP contribution in [0.3, 0.4) is 0 Å². The molecular weight excluding hydrogens is 190 g/mol. The molecule has 0 saturated carbocycles. The Kier molecular flexibility index (Phi) is 2.44. The molecule has 1 atom stereocenters. The van der Waals surface area contributed by atoms with E-state index >= 15 is 0 Å². The summed E-state index contributed by atoms with van der Waals surface area (Å²) in [7, 11) is 1.48. The molecule has 0 aliphatic rings. The van der Waals surface area contributed by atoms with Gasteiger partial charge in [-0.3, -0.25) is 0 Å². The number of ether oxygens (including phenoxy) is 1. The van der Waals surface area contributed by atoms with Crippen LogP contribution >= 0.6 is 11.6 Å². The maximum atomic E-state index is 7.49. The Bertz CT molecular complexity index is 317. The van der Waals surface area contributed by atoms with Crippen molar-refractivity contribution in [2.75, 3.05) is 7.11 Å². The maximum absolute atomic E-state index is 7.49. The van der Waals surface area contributed by atoms with Crippen LogP contribution in [0.4, 0.5) is 0 Å². The molecule has 0 radical (unpaired) electrons. The second-order valence-electron chi connectivity index (χ2n) is 3.79. The van der Waals surface area contributed by atoms with Crippen LogP contribution in [0.5, 0.6) is 5.88 Å². The van der Waals surface area contributed by atoms with Gasteiger partial charge in [-0.1, -0.05) is 20.8 Å². The second-order valence-corrected chi connectivity index (χ2v) is 4.01. The van der Waals surface area contributed by atoms with E-state index in [-0.39, 0.29) is 5.41 Å². The molecule has 0 bridgehead atoms. The molecule has 0 spiro atoms. The first-order valence-electron chi connectivity index (χ1n) is 4.56. The molecule has 0 unspecified atom stereocenters. The summed E-state index contributed by atoms with van der Waals surface area (Å²) in [5.74, 6) is -0.0142. The third kappa shape index (κ3) is 1.97. The second kappa shape index (κ2) is 3.58. The fraction of sp³-hybridized carbons (Fsp3) is 0.667. The Balaban J connectivity index is 3.25. The molecule has 4 heteroatoms. The highest BCUT2D eigenvalue weighted by Crippen LogP contribution is 2.32. The van der Waals surface area contributed by atoms with Gasteiger partial charge >= 0.3 is 0 Å². The van der Waals surface area contributed by atoms with Gasteiger partial charge in [0.2, 0.25) is 0 Å². The summed E-state index contributed by atoms with van der Waals surface area (Å²) in [6, 6.07) is 0. The first-order chi connectivity index (χ1) is 6.38. The average Bonchev–Trinajstić information content (AvgIpc) is 2.45. The molecule has 1 aromatic heterocycles. The van der Waals surface area contributed by atoms with Gasteiger partial charge in [-0.2, -0.15) is 0 Å². The first-order valence-corrected chi connectivity index (χ1v) is 4.42. The van der Waals surface area contributed by atoms with Crippen molar-refractivity contribution in [1.29, 1.82) is 0 Å². The zero-order valence-electron chi connectivity index (χ0n) is 9.22. The van der Waals surface area contributed by atoms with Gasteiger partial charge in [-0.05, 0) is 5.16 Å². The number of rotatable bonds is 2. The quantitative estimate of drug-likeness (QED) is 0.697. The Hall–Kier alpha value is -0.700. The van der Waals surface area contributed by atoms with Crippen LogP contribution in [0.2, 0.25) is 0 Å². The number of aromatic nitrogens is 1. The molecular formula is C9H14ClNO2. The molecule has 0 aromatic carbocycles. The van der Waals surface area contributed by atoms with E-state index < -0.39 is 5.86 Å². The molecule has 1 rings (SSSR count). The molecule has 0 saturated heterocycles. The Labute approximate surface area is 84.4 Å². The molecule has 0 N–H and O–H groups in total. The number of alkyl halides is 1. The molecule has 13 heavy (non-hydrogen) atoms. The zero-order valence-corrected chi connectivity index (χ0v) is 8.97. The molecule has 0 aliphatic heterocycles. The number of halogens is 1. The number of methoxy groups -OCH3 is 1. The van der Waals surface area contributed by atoms with Crippen molar-refractivity contribution >= 4 is 11.6 Å². The summed E-state index contributed by atoms with van der Waals surface area (Å²) >= 11 is 5.73. The molecule has 3 nitrogen and oxygen atoms in total. The monoisotopic (exact) mass is 205 g/mol. The average molecular weight is 206 g/mol. The zero-order chi connectivity index (χ0) is 10.9. The van der Waals surface area contributed by atoms with Gasteiger partial charge in [0, 0.05) is 6.79 Å². The van der Waals surface area contributed by atoms with Gasteiger partial charge in [0.1, 0.15) is 5.76 Å². The minimum Gasteiger partial charge on any atom is -0.479 e. The highest BCUT2D eigenvalue weighted by atomic mass is 35.5. The lowest BCUT2D eigenvalue weighted by Crippen LogP contribution is -2.12. The van der Waals surface area contributed by atoms with Gasteiger partial charge in [-0.15, -0.1) is 11.6 Å². The van der Waals surface area contributed by atoms with Crippen molar-refractivity contribution in [2.45, 2.75) is 32.0 Å². The summed E-state index contributed by atoms with van der Waals surface area (Å²) in [6.45, 7) is 5.90. The molecule has 0 fully saturated rings. The summed E-state index contributed by atoms with van der Waals surface area (Å²) in [4.78, 5) is 0. The van der Waals surface area contributed by atoms with E-state index in [1.54, 1.807) is 0 Å². The first kappa shape index (κ1) is 8.88. The van der Waals surface area contributed by atoms with Gasteiger partial charge < -0.3 is 9.26 Å². The van der Waals surface area contributed by atoms with E-state index in [1.807, 2.05) is 20.8 Å². The van der Waals surface area contributed by atoms with Crippen molar-refractivity contribution in [3.05, 3.63) is 11.3 Å². The lowest BCUT2D eigenvalue weighted by atomic mass is 9.91. The normalized spacial score (nSPS) is 15.3. The summed E-state index contributed by atoms with van der Waals surface area (Å²) in [6.07, 6.45) is 0. The van der Waals surface area contributed by atoms with Crippen LogP contribution in [0.1, 0.15) is 33.5 Å². The van der Waals surface area contributed by atoms with Crippen molar-refractivity contribution in [1.82, 2.24) is 5.16 Å². The standard InChI is InChI=1S/C9H14ClNO2/c1-9(2,3)7-6(5-10)8(12-4)11-13-7/h5H2,1-4H3/i5T/t5-/m1/s1. The fourth-order valence-corrected chi connectivity index (χ4v) is 1.26. The third-order valence-corrected chi connectivity index (χ3v) is 1.90. The third-order valence-electron chi connectivity index (χ3n) is 1.68. The Morgan fingerprint density at radius 2 is 2.23 bits per heavy atom. The van der Waals surface area contributed by atoms with E-state index in [2.05, 4.69) is 5.16 Å². The van der Waals surface area contributed by atoms with Gasteiger partial charge in [0.25, 0.3) is 5.88 Å². The van der Waals surface area contributed by atoms with Crippen LogP contribution in [-0.4, -0.2) is 12.3 Å². The van der Waals surface area contributed by atoms with Crippen molar-refractivity contribution in [2.24, 2.45) is 0 Å². The van der Waals surface area contributed by atoms with Gasteiger partial charge in [0.05, 0.1) is 18.5 Å². The number of hydrogen-bond donors (Lipinski definition) is 0. The lowest BCUT2D eigenvalue weighted by Gasteiger charge is -2.14. The van der Waals surface area contributed by atoms with Crippen molar-refractivity contribution in [3.8, 4) is 5.88 Å². The van der Waals surface area contributed by atoms with E-state index in [1.165, 1.54) is 7.11 Å². The topological polar surface area (TPSA) is 35.3 Å². The number of hydrogen-bond acceptors (Lipinski definition) is 3. The Morgan fingerprint density at radius 1 is 1.62 bits per heavy atom. The van der Waals surface area contributed by atoms with Gasteiger partial charge in [-0.25, -0.2) is 0 Å². The van der Waals surface area contributed by atoms with E-state index in [4.69, 9.17) is 22.2 Å². The SMILES string of the molecule is [3H][C@@H](Cl)c1c(OC)noc1C(C)(C)C. The van der Waals surface area contributed by atoms with E-state index in [9.17, 15) is 0 Å². The van der Waals surface area contributed by atoms with Crippen LogP contribution in [0.15, 0.2) is 4.52 Å². The molecule has 0 aliphatic carbocycles. The minimum absolute atomic E-state index is 0.229. The van der Waals surface area contributed by atoms with Crippen LogP contribution in [0.25, 0.3) is 0 Å². The van der Waals surface area contributed by atoms with Crippen LogP contribution in [-0.2, 0) is 11.3 Å². The van der Waals surface area contributed by atoms with E-state index in [0.29, 0.717) is 17.2 Å². The summed E-state index contributed by atoms with van der Waals surface area (Å²) in [5, 5.41) is 3.72. The summed E-state index contributed by atoms with van der Waals surface area (Å²) < 4.78 is 17.6. The predicted octanol–water partition coefficient (Wildman–Crippen LogP) is 2.72. The number of nitrogens with zero attached hydrogens (tertiary/aromatic N) is 1. The predicted molar refractivity (Wildman–Crippen MR) is 51.3 cm³/mol. The molecule has 1 heterocycles. The molecule has 1 aromatic rings. The van der Waals surface area contributed by atoms with Crippen LogP contribution in [0, 0.1) is 0 Å². The van der Waals surface area contributed by atoms with Crippen molar-refractivity contribution < 1.29 is 10.6 Å². The van der Waals surface area contributed by atoms with Gasteiger partial charge in [0.15, 0.2) is 0 Å². The Morgan fingerprint density at radius 3 is 2.62 bits per heavy atom. The lowest BCUT2D eigenvalue weighted by molar-refractivity contribution is 0.301. The minimum atomic E-state index is -0.912. The fourth-order valence-electron chi connectivity index (χ4n) is 1.07. The highest BCUT2D eigenvalue weighted by molar-refractivity contribution is 6.17. The smallest absolute Gasteiger partial charge is 0.258 e. The summed E-state index contributed by atoms with van der Waals surface area (Å²) in [5.41, 5.74) is 0.287. The highest BCUT2D eigenvalue weighted by Gasteiger charge is 2.26. The molecule has 0 amide bonds. The largest absolute Gasteiger partial charge is 0.479 e.